The third-order valence-electron chi connectivity index (χ3n) is 7.78. The Morgan fingerprint density at radius 3 is 2.73 bits per heavy atom. The summed E-state index contributed by atoms with van der Waals surface area (Å²) < 4.78 is 46.1. The van der Waals surface area contributed by atoms with Gasteiger partial charge in [-0.15, -0.1) is 0 Å². The van der Waals surface area contributed by atoms with Crippen LogP contribution in [0.15, 0.2) is 18.2 Å². The molecule has 2 aromatic heterocycles. The first kappa shape index (κ1) is 20.8. The molecule has 4 saturated carbocycles. The van der Waals surface area contributed by atoms with Crippen molar-refractivity contribution in [2.45, 2.75) is 81.5 Å². The van der Waals surface area contributed by atoms with Gasteiger partial charge in [-0.2, -0.15) is 18.3 Å². The number of aromatic nitrogens is 3. The Morgan fingerprint density at radius 1 is 1.12 bits per heavy atom. The van der Waals surface area contributed by atoms with Crippen LogP contribution in [0.1, 0.15) is 74.4 Å². The van der Waals surface area contributed by atoms with Crippen LogP contribution < -0.4 is 10.6 Å². The van der Waals surface area contributed by atoms with Crippen LogP contribution in [0.5, 0.6) is 0 Å². The van der Waals surface area contributed by atoms with E-state index < -0.39 is 11.9 Å². The molecule has 0 saturated heterocycles. The van der Waals surface area contributed by atoms with E-state index in [4.69, 9.17) is 4.74 Å². The molecule has 0 unspecified atom stereocenters. The van der Waals surface area contributed by atoms with Crippen molar-refractivity contribution in [2.24, 2.45) is 5.41 Å². The maximum Gasteiger partial charge on any atom is 0.433 e. The minimum Gasteiger partial charge on any atom is -0.446 e. The summed E-state index contributed by atoms with van der Waals surface area (Å²) >= 11 is 0. The molecular weight excluding hydrogens is 435 g/mol. The maximum atomic E-state index is 13.5. The molecule has 4 aliphatic carbocycles. The van der Waals surface area contributed by atoms with Gasteiger partial charge in [-0.3, -0.25) is 5.10 Å². The minimum absolute atomic E-state index is 0.143. The van der Waals surface area contributed by atoms with Gasteiger partial charge < -0.3 is 15.4 Å². The van der Waals surface area contributed by atoms with Crippen LogP contribution in [-0.2, 0) is 17.3 Å². The number of aromatic amines is 1. The van der Waals surface area contributed by atoms with Crippen LogP contribution >= 0.6 is 0 Å². The molecule has 2 aromatic rings. The van der Waals surface area contributed by atoms with Gasteiger partial charge in [-0.05, 0) is 75.3 Å². The Hall–Kier alpha value is -2.78. The summed E-state index contributed by atoms with van der Waals surface area (Å²) in [6.45, 7) is 0. The number of H-pyrrole nitrogens is 1. The van der Waals surface area contributed by atoms with E-state index in [1.165, 1.54) is 0 Å². The van der Waals surface area contributed by atoms with Crippen molar-refractivity contribution in [1.82, 2.24) is 20.5 Å². The summed E-state index contributed by atoms with van der Waals surface area (Å²) in [5.74, 6) is 0.611. The zero-order chi connectivity index (χ0) is 22.8. The van der Waals surface area contributed by atoms with Crippen LogP contribution in [0.25, 0.3) is 0 Å². The number of hydrogen-bond donors (Lipinski definition) is 3. The molecule has 8 bridgehead atoms. The van der Waals surface area contributed by atoms with Crippen molar-refractivity contribution in [3.8, 4) is 0 Å². The quantitative estimate of drug-likeness (QED) is 0.502. The SMILES string of the molecule is O=C1NC23CC(CCCc4cc(cc(C(F)(F)F)n4)Nc4cc([nH]n4)[C@H]4CC[C@H](C4)O1)(C2)C3. The van der Waals surface area contributed by atoms with Crippen molar-refractivity contribution < 1.29 is 22.7 Å². The third-order valence-corrected chi connectivity index (χ3v) is 7.78. The molecule has 0 aromatic carbocycles. The highest BCUT2D eigenvalue weighted by atomic mass is 19.4. The second kappa shape index (κ2) is 7.11. The van der Waals surface area contributed by atoms with Crippen LogP contribution in [0.2, 0.25) is 0 Å². The number of amides is 1. The number of carbonyl (C=O) groups is 1. The topological polar surface area (TPSA) is 91.9 Å². The Kier molecular flexibility index (Phi) is 4.48. The van der Waals surface area contributed by atoms with Crippen LogP contribution in [0.4, 0.5) is 29.5 Å². The summed E-state index contributed by atoms with van der Waals surface area (Å²) in [6.07, 6.45) is 2.23. The number of ether oxygens (including phenoxy) is 1. The van der Waals surface area contributed by atoms with Gasteiger partial charge in [0.1, 0.15) is 11.8 Å². The number of rotatable bonds is 0. The molecule has 9 rings (SSSR count). The predicted molar refractivity (Wildman–Crippen MR) is 113 cm³/mol. The molecule has 7 nitrogen and oxygen atoms in total. The molecule has 2 atom stereocenters. The van der Waals surface area contributed by atoms with Gasteiger partial charge in [0.15, 0.2) is 5.82 Å². The van der Waals surface area contributed by atoms with Crippen LogP contribution in [0, 0.1) is 5.41 Å². The summed E-state index contributed by atoms with van der Waals surface area (Å²) in [6, 6.07) is 4.53. The van der Waals surface area contributed by atoms with Gasteiger partial charge in [0.2, 0.25) is 0 Å². The predicted octanol–water partition coefficient (Wildman–Crippen LogP) is 5.19. The Bertz CT molecular complexity index is 1080. The normalized spacial score (nSPS) is 33.2. The van der Waals surface area contributed by atoms with Crippen molar-refractivity contribution in [3.05, 3.63) is 35.3 Å². The van der Waals surface area contributed by atoms with Gasteiger partial charge >= 0.3 is 12.3 Å². The Morgan fingerprint density at radius 2 is 1.94 bits per heavy atom. The second-order valence-electron chi connectivity index (χ2n) is 10.4. The van der Waals surface area contributed by atoms with E-state index in [0.717, 1.165) is 56.7 Å². The molecule has 10 heteroatoms. The zero-order valence-electron chi connectivity index (χ0n) is 18.1. The number of nitrogens with one attached hydrogen (secondary N) is 3. The average molecular weight is 461 g/mol. The lowest BCUT2D eigenvalue weighted by atomic mass is 9.38. The van der Waals surface area contributed by atoms with E-state index in [2.05, 4.69) is 25.8 Å². The van der Waals surface area contributed by atoms with Crippen LogP contribution in [-0.4, -0.2) is 32.9 Å². The molecule has 7 aliphatic rings. The first-order valence-electron chi connectivity index (χ1n) is 11.6. The largest absolute Gasteiger partial charge is 0.446 e. The highest BCUT2D eigenvalue weighted by Crippen LogP contribution is 2.69. The molecule has 1 amide bonds. The summed E-state index contributed by atoms with van der Waals surface area (Å²) in [7, 11) is 0. The average Bonchev–Trinajstić information content (AvgIpc) is 3.33. The summed E-state index contributed by atoms with van der Waals surface area (Å²) in [4.78, 5) is 16.3. The molecule has 0 spiro atoms. The minimum atomic E-state index is -4.52. The maximum absolute atomic E-state index is 13.5. The standard InChI is InChI=1S/C23H26F3N5O2/c24-23(25,26)18-8-15-7-14(27-18)2-1-5-21-10-22(11-21,12-21)29-20(32)33-16-4-3-13(6-16)17-9-19(28-15)31-30-17/h7-9,13,16H,1-6,10-12H2,(H,29,32)(H2,28,30,31)/t13-,16+,21?,22?/m0/s1. The first-order chi connectivity index (χ1) is 15.7. The number of alkyl carbamates (subject to hydrolysis) is 1. The molecular formula is C23H26F3N5O2. The van der Waals surface area contributed by atoms with Crippen molar-refractivity contribution in [2.75, 3.05) is 5.32 Å². The number of halogens is 3. The lowest BCUT2D eigenvalue weighted by molar-refractivity contribution is -0.156. The lowest BCUT2D eigenvalue weighted by Gasteiger charge is -2.70. The molecule has 4 fully saturated rings. The van der Waals surface area contributed by atoms with Gasteiger partial charge in [0.25, 0.3) is 0 Å². The summed E-state index contributed by atoms with van der Waals surface area (Å²) in [5.41, 5.74) is 0.781. The van der Waals surface area contributed by atoms with Gasteiger partial charge in [-0.1, -0.05) is 0 Å². The molecule has 176 valence electrons. The van der Waals surface area contributed by atoms with Gasteiger partial charge in [0.05, 0.1) is 0 Å². The lowest BCUT2D eigenvalue weighted by Crippen LogP contribution is -2.74. The number of aryl methyl sites for hydroxylation is 1. The molecule has 33 heavy (non-hydrogen) atoms. The molecule has 3 aliphatic heterocycles. The molecule has 3 N–H and O–H groups in total. The van der Waals surface area contributed by atoms with E-state index in [1.54, 1.807) is 6.07 Å². The van der Waals surface area contributed by atoms with E-state index in [-0.39, 0.29) is 29.1 Å². The fraction of sp³-hybridized carbons (Fsp3) is 0.609. The number of anilines is 2. The van der Waals surface area contributed by atoms with Gasteiger partial charge in [-0.25, -0.2) is 9.78 Å². The zero-order valence-corrected chi connectivity index (χ0v) is 18.1. The Balaban J connectivity index is 1.28. The number of pyridine rings is 1. The molecule has 5 heterocycles. The number of hydrogen-bond acceptors (Lipinski definition) is 5. The summed E-state index contributed by atoms with van der Waals surface area (Å²) in [5, 5.41) is 13.3. The highest BCUT2D eigenvalue weighted by molar-refractivity contribution is 5.69. The monoisotopic (exact) mass is 461 g/mol. The van der Waals surface area contributed by atoms with E-state index in [1.807, 2.05) is 6.07 Å². The van der Waals surface area contributed by atoms with Crippen molar-refractivity contribution in [1.29, 1.82) is 0 Å². The molecule has 0 radical (unpaired) electrons. The second-order valence-corrected chi connectivity index (χ2v) is 10.4. The van der Waals surface area contributed by atoms with Crippen molar-refractivity contribution in [3.63, 3.8) is 0 Å². The van der Waals surface area contributed by atoms with E-state index in [0.29, 0.717) is 30.0 Å². The fourth-order valence-electron chi connectivity index (χ4n) is 6.46. The smallest absolute Gasteiger partial charge is 0.433 e. The van der Waals surface area contributed by atoms with E-state index in [9.17, 15) is 18.0 Å². The number of alkyl halides is 3. The van der Waals surface area contributed by atoms with Gasteiger partial charge in [0, 0.05) is 34.6 Å². The van der Waals surface area contributed by atoms with Crippen molar-refractivity contribution >= 4 is 17.6 Å². The van der Waals surface area contributed by atoms with E-state index >= 15 is 0 Å². The fourth-order valence-corrected chi connectivity index (χ4v) is 6.46. The van der Waals surface area contributed by atoms with Crippen LogP contribution in [0.3, 0.4) is 0 Å². The highest BCUT2D eigenvalue weighted by Gasteiger charge is 2.67. The number of nitrogens with zero attached hydrogens (tertiary/aromatic N) is 2. The Labute approximate surface area is 188 Å². The number of carbonyl (C=O) groups excluding carboxylic acids is 1. The first-order valence-corrected chi connectivity index (χ1v) is 11.6. The third kappa shape index (κ3) is 3.83.